The number of hydrogen-bond donors (Lipinski definition) is 2. The van der Waals surface area contributed by atoms with E-state index in [1.807, 2.05) is 72.8 Å². The van der Waals surface area contributed by atoms with Gasteiger partial charge in [0, 0.05) is 25.4 Å². The van der Waals surface area contributed by atoms with E-state index in [0.29, 0.717) is 11.5 Å². The number of amides is 2. The number of carbonyl (C=O) groups excluding carboxylic acids is 4. The maximum Gasteiger partial charge on any atom is 0.412 e. The largest absolute Gasteiger partial charge is 0.460 e. The van der Waals surface area contributed by atoms with E-state index in [1.54, 1.807) is 52.3 Å². The summed E-state index contributed by atoms with van der Waals surface area (Å²) in [6, 6.07) is 29.8. The lowest BCUT2D eigenvalue weighted by atomic mass is 9.63. The number of hydrogen-bond acceptors (Lipinski definition) is 10. The van der Waals surface area contributed by atoms with Crippen molar-refractivity contribution in [1.82, 2.24) is 10.6 Å². The Kier molecular flexibility index (Phi) is 12.3. The lowest BCUT2D eigenvalue weighted by Gasteiger charge is -2.48. The molecule has 0 aliphatic heterocycles. The summed E-state index contributed by atoms with van der Waals surface area (Å²) in [4.78, 5) is 48.0. The Labute approximate surface area is 313 Å². The second kappa shape index (κ2) is 17.1. The first-order chi connectivity index (χ1) is 26.0. The van der Waals surface area contributed by atoms with Gasteiger partial charge in [-0.2, -0.15) is 0 Å². The summed E-state index contributed by atoms with van der Waals surface area (Å²) in [5.41, 5.74) is 3.22. The predicted molar refractivity (Wildman–Crippen MR) is 199 cm³/mol. The van der Waals surface area contributed by atoms with Crippen molar-refractivity contribution in [3.63, 3.8) is 0 Å². The molecule has 0 radical (unpaired) electrons. The molecule has 0 saturated heterocycles. The molecule has 4 aromatic rings. The van der Waals surface area contributed by atoms with Crippen LogP contribution in [0.5, 0.6) is 11.5 Å². The maximum atomic E-state index is 12.5. The molecule has 4 aromatic carbocycles. The van der Waals surface area contributed by atoms with Crippen molar-refractivity contribution in [2.24, 2.45) is 0 Å². The molecule has 0 atom stereocenters. The zero-order valence-corrected chi connectivity index (χ0v) is 30.6. The molecule has 1 aliphatic rings. The van der Waals surface area contributed by atoms with Crippen LogP contribution in [0.15, 0.2) is 121 Å². The highest BCUT2D eigenvalue weighted by molar-refractivity contribution is 5.87. The Hall–Kier alpha value is -6.24. The summed E-state index contributed by atoms with van der Waals surface area (Å²) in [5.74, 6) is -0.478. The van der Waals surface area contributed by atoms with Gasteiger partial charge in [-0.25, -0.2) is 19.2 Å². The van der Waals surface area contributed by atoms with Crippen molar-refractivity contribution in [3.8, 4) is 11.5 Å². The molecule has 0 bridgehead atoms. The van der Waals surface area contributed by atoms with Crippen molar-refractivity contribution in [2.45, 2.75) is 25.0 Å². The third-order valence-corrected chi connectivity index (χ3v) is 8.83. The quantitative estimate of drug-likeness (QED) is 0.0861. The van der Waals surface area contributed by atoms with E-state index < -0.39 is 35.3 Å². The van der Waals surface area contributed by atoms with Crippen molar-refractivity contribution in [2.75, 3.05) is 40.5 Å². The first-order valence-corrected chi connectivity index (χ1v) is 17.1. The minimum absolute atomic E-state index is 0.0231. The van der Waals surface area contributed by atoms with Gasteiger partial charge in [0.25, 0.3) is 0 Å². The minimum atomic E-state index is -1.09. The molecule has 0 saturated carbocycles. The number of fused-ring (bicyclic) bond motifs is 2. The van der Waals surface area contributed by atoms with Gasteiger partial charge in [0.2, 0.25) is 0 Å². The first kappa shape index (κ1) is 39.0. The van der Waals surface area contributed by atoms with E-state index in [2.05, 4.69) is 23.8 Å². The molecule has 0 aromatic heterocycles. The number of methoxy groups -OCH3 is 2. The Morgan fingerprint density at radius 2 is 0.852 bits per heavy atom. The smallest absolute Gasteiger partial charge is 0.412 e. The summed E-state index contributed by atoms with van der Waals surface area (Å²) in [6.45, 7) is 10.2. The van der Waals surface area contributed by atoms with Gasteiger partial charge in [0.1, 0.15) is 35.9 Å². The van der Waals surface area contributed by atoms with Gasteiger partial charge in [-0.15, -0.1) is 0 Å². The SMILES string of the molecule is C=C(C)C(=O)OCCNC(=O)Oc1ccc(C2(OC)c3ccccc3C(OC)(c3ccc(OC(=O)NCCOC(=O)C(=C)C)cc3)c3ccccc32)cc1. The van der Waals surface area contributed by atoms with Gasteiger partial charge >= 0.3 is 24.1 Å². The van der Waals surface area contributed by atoms with Crippen LogP contribution in [0.25, 0.3) is 0 Å². The molecule has 12 nitrogen and oxygen atoms in total. The van der Waals surface area contributed by atoms with Crippen molar-refractivity contribution < 1.29 is 47.6 Å². The molecule has 2 amide bonds. The summed E-state index contributed by atoms with van der Waals surface area (Å²) in [5, 5.41) is 5.11. The maximum absolute atomic E-state index is 12.5. The lowest BCUT2D eigenvalue weighted by molar-refractivity contribution is -0.139. The summed E-state index contributed by atoms with van der Waals surface area (Å²) >= 11 is 0. The van der Waals surface area contributed by atoms with Crippen LogP contribution in [0.4, 0.5) is 9.59 Å². The highest BCUT2D eigenvalue weighted by Crippen LogP contribution is 2.56. The molecule has 54 heavy (non-hydrogen) atoms. The van der Waals surface area contributed by atoms with Crippen molar-refractivity contribution in [1.29, 1.82) is 0 Å². The molecule has 0 fully saturated rings. The molecule has 0 unspecified atom stereocenters. The fourth-order valence-electron chi connectivity index (χ4n) is 6.42. The van der Waals surface area contributed by atoms with Gasteiger partial charge in [0.15, 0.2) is 0 Å². The number of carbonyl (C=O) groups is 4. The number of esters is 2. The molecule has 0 heterocycles. The summed E-state index contributed by atoms with van der Waals surface area (Å²) in [7, 11) is 3.29. The van der Waals surface area contributed by atoms with Crippen LogP contribution in [0.3, 0.4) is 0 Å². The van der Waals surface area contributed by atoms with Crippen LogP contribution >= 0.6 is 0 Å². The van der Waals surface area contributed by atoms with Gasteiger partial charge in [-0.3, -0.25) is 0 Å². The van der Waals surface area contributed by atoms with Crippen LogP contribution in [0, 0.1) is 0 Å². The number of benzene rings is 4. The Morgan fingerprint density at radius 3 is 1.13 bits per heavy atom. The first-order valence-electron chi connectivity index (χ1n) is 17.1. The average Bonchev–Trinajstić information content (AvgIpc) is 3.18. The normalized spacial score (nSPS) is 16.8. The number of rotatable bonds is 14. The predicted octanol–water partition coefficient (Wildman–Crippen LogP) is 6.29. The Bertz CT molecular complexity index is 1850. The fourth-order valence-corrected chi connectivity index (χ4v) is 6.42. The van der Waals surface area contributed by atoms with Gasteiger partial charge < -0.3 is 39.1 Å². The van der Waals surface area contributed by atoms with E-state index in [4.69, 9.17) is 28.4 Å². The monoisotopic (exact) mass is 734 g/mol. The van der Waals surface area contributed by atoms with Crippen molar-refractivity contribution in [3.05, 3.63) is 155 Å². The van der Waals surface area contributed by atoms with E-state index in [1.165, 1.54) is 0 Å². The van der Waals surface area contributed by atoms with E-state index in [-0.39, 0.29) is 37.4 Å². The third kappa shape index (κ3) is 7.89. The van der Waals surface area contributed by atoms with Crippen LogP contribution in [0.1, 0.15) is 47.2 Å². The van der Waals surface area contributed by atoms with Gasteiger partial charge in [0.05, 0.1) is 13.1 Å². The highest BCUT2D eigenvalue weighted by atomic mass is 16.6. The third-order valence-electron chi connectivity index (χ3n) is 8.83. The number of ether oxygens (including phenoxy) is 6. The van der Waals surface area contributed by atoms with Crippen LogP contribution < -0.4 is 20.1 Å². The van der Waals surface area contributed by atoms with Gasteiger partial charge in [-0.05, 0) is 71.5 Å². The molecular formula is C42H42N2O10. The molecule has 5 rings (SSSR count). The molecule has 12 heteroatoms. The second-order valence-electron chi connectivity index (χ2n) is 12.4. The topological polar surface area (TPSA) is 148 Å². The standard InChI is InChI=1S/C42H42N2O10/c1-27(2)37(45)51-25-23-43-39(47)53-31-19-15-29(16-20-31)41(49-5)33-11-7-9-13-35(33)42(50-6,36-14-10-8-12-34(36)41)30-17-21-32(22-18-30)54-40(48)44-24-26-52-38(46)28(3)4/h7-22H,1,3,23-26H2,2,4-6H3,(H,43,47)(H,44,48). The molecule has 1 aliphatic carbocycles. The highest BCUT2D eigenvalue weighted by Gasteiger charge is 2.53. The minimum Gasteiger partial charge on any atom is -0.460 e. The Balaban J connectivity index is 1.40. The van der Waals surface area contributed by atoms with Crippen LogP contribution in [0.2, 0.25) is 0 Å². The van der Waals surface area contributed by atoms with Crippen LogP contribution in [-0.2, 0) is 39.7 Å². The summed E-state index contributed by atoms with van der Waals surface area (Å²) in [6.07, 6.45) is -1.40. The van der Waals surface area contributed by atoms with Crippen molar-refractivity contribution >= 4 is 24.1 Å². The zero-order valence-electron chi connectivity index (χ0n) is 30.6. The zero-order chi connectivity index (χ0) is 38.9. The molecule has 280 valence electrons. The molecular weight excluding hydrogens is 692 g/mol. The molecule has 2 N–H and O–H groups in total. The average molecular weight is 735 g/mol. The van der Waals surface area contributed by atoms with E-state index in [0.717, 1.165) is 33.4 Å². The summed E-state index contributed by atoms with van der Waals surface area (Å²) < 4.78 is 34.0. The van der Waals surface area contributed by atoms with Crippen LogP contribution in [-0.4, -0.2) is 64.6 Å². The Morgan fingerprint density at radius 1 is 0.537 bits per heavy atom. The van der Waals surface area contributed by atoms with E-state index >= 15 is 0 Å². The second-order valence-corrected chi connectivity index (χ2v) is 12.4. The van der Waals surface area contributed by atoms with E-state index in [9.17, 15) is 19.2 Å². The lowest BCUT2D eigenvalue weighted by Crippen LogP contribution is -2.46. The fraction of sp³-hybridized carbons (Fsp3) is 0.238. The number of nitrogens with one attached hydrogen (secondary N) is 2. The van der Waals surface area contributed by atoms with Gasteiger partial charge in [-0.1, -0.05) is 86.0 Å². The molecule has 0 spiro atoms.